The van der Waals surface area contributed by atoms with Crippen LogP contribution in [-0.2, 0) is 9.53 Å². The van der Waals surface area contributed by atoms with Crippen molar-refractivity contribution < 1.29 is 19.4 Å². The van der Waals surface area contributed by atoms with E-state index in [0.29, 0.717) is 31.1 Å². The fourth-order valence-corrected chi connectivity index (χ4v) is 3.34. The van der Waals surface area contributed by atoms with Crippen molar-refractivity contribution in [3.05, 3.63) is 46.7 Å². The summed E-state index contributed by atoms with van der Waals surface area (Å²) in [6, 6.07) is 8.84. The molecule has 2 N–H and O–H groups in total. The fourth-order valence-electron chi connectivity index (χ4n) is 3.16. The summed E-state index contributed by atoms with van der Waals surface area (Å²) in [7, 11) is 0. The molecule has 0 aliphatic carbocycles. The second-order valence-electron chi connectivity index (χ2n) is 6.48. The smallest absolute Gasteiger partial charge is 0.305 e. The molecule has 1 saturated heterocycles. The van der Waals surface area contributed by atoms with Gasteiger partial charge in [-0.05, 0) is 44.0 Å². The number of benzene rings is 1. The van der Waals surface area contributed by atoms with Crippen LogP contribution in [0.25, 0.3) is 5.69 Å². The van der Waals surface area contributed by atoms with Crippen LogP contribution in [0.15, 0.2) is 30.3 Å². The van der Waals surface area contributed by atoms with E-state index in [1.54, 1.807) is 22.9 Å². The molecule has 138 valence electrons. The van der Waals surface area contributed by atoms with Crippen LogP contribution in [0.3, 0.4) is 0 Å². The number of hydrogen-bond acceptors (Lipinski definition) is 4. The SMILES string of the molecule is Cc1cc(C(=O)NC2(CC(=O)O)CCOCC2)nn1-c1cccc(Cl)c1. The van der Waals surface area contributed by atoms with Crippen molar-refractivity contribution in [2.75, 3.05) is 13.2 Å². The predicted octanol–water partition coefficient (Wildman–Crippen LogP) is 2.59. The third-order valence-electron chi connectivity index (χ3n) is 4.49. The molecular weight excluding hydrogens is 358 g/mol. The highest BCUT2D eigenvalue weighted by Crippen LogP contribution is 2.25. The molecule has 8 heteroatoms. The normalized spacial score (nSPS) is 16.2. The summed E-state index contributed by atoms with van der Waals surface area (Å²) in [6.45, 7) is 2.68. The lowest BCUT2D eigenvalue weighted by molar-refractivity contribution is -0.139. The van der Waals surface area contributed by atoms with Gasteiger partial charge in [-0.15, -0.1) is 0 Å². The number of aromatic nitrogens is 2. The van der Waals surface area contributed by atoms with Crippen molar-refractivity contribution in [2.24, 2.45) is 0 Å². The molecule has 1 aromatic heterocycles. The Morgan fingerprint density at radius 1 is 1.35 bits per heavy atom. The van der Waals surface area contributed by atoms with Gasteiger partial charge in [-0.3, -0.25) is 9.59 Å². The van der Waals surface area contributed by atoms with Gasteiger partial charge in [-0.25, -0.2) is 4.68 Å². The van der Waals surface area contributed by atoms with Crippen LogP contribution in [0.5, 0.6) is 0 Å². The van der Waals surface area contributed by atoms with Gasteiger partial charge in [0.2, 0.25) is 0 Å². The summed E-state index contributed by atoms with van der Waals surface area (Å²) in [5.41, 5.74) is 0.949. The summed E-state index contributed by atoms with van der Waals surface area (Å²) in [5.74, 6) is -1.34. The first-order valence-corrected chi connectivity index (χ1v) is 8.71. The van der Waals surface area contributed by atoms with E-state index in [4.69, 9.17) is 16.3 Å². The number of rotatable bonds is 5. The van der Waals surface area contributed by atoms with Gasteiger partial charge < -0.3 is 15.2 Å². The summed E-state index contributed by atoms with van der Waals surface area (Å²) < 4.78 is 6.94. The molecule has 7 nitrogen and oxygen atoms in total. The number of aliphatic carboxylic acids is 1. The van der Waals surface area contributed by atoms with E-state index in [2.05, 4.69) is 10.4 Å². The summed E-state index contributed by atoms with van der Waals surface area (Å²) in [5, 5.41) is 17.0. The zero-order valence-corrected chi connectivity index (χ0v) is 15.1. The minimum atomic E-state index is -0.951. The Morgan fingerprint density at radius 3 is 2.73 bits per heavy atom. The van der Waals surface area contributed by atoms with Gasteiger partial charge in [-0.1, -0.05) is 17.7 Å². The number of carbonyl (C=O) groups is 2. The van der Waals surface area contributed by atoms with Crippen molar-refractivity contribution in [1.82, 2.24) is 15.1 Å². The molecule has 0 radical (unpaired) electrons. The molecule has 1 aromatic carbocycles. The van der Waals surface area contributed by atoms with Crippen LogP contribution in [0.4, 0.5) is 0 Å². The van der Waals surface area contributed by atoms with Gasteiger partial charge in [0.15, 0.2) is 5.69 Å². The number of carboxylic acids is 1. The van der Waals surface area contributed by atoms with Crippen LogP contribution in [0, 0.1) is 6.92 Å². The lowest BCUT2D eigenvalue weighted by Crippen LogP contribution is -2.53. The van der Waals surface area contributed by atoms with Gasteiger partial charge in [0.25, 0.3) is 5.91 Å². The number of ether oxygens (including phenoxy) is 1. The van der Waals surface area contributed by atoms with Crippen molar-refractivity contribution in [3.8, 4) is 5.69 Å². The predicted molar refractivity (Wildman–Crippen MR) is 95.8 cm³/mol. The van der Waals surface area contributed by atoms with Crippen molar-refractivity contribution in [1.29, 1.82) is 0 Å². The number of carbonyl (C=O) groups excluding carboxylic acids is 1. The van der Waals surface area contributed by atoms with Crippen molar-refractivity contribution in [2.45, 2.75) is 31.7 Å². The van der Waals surface area contributed by atoms with E-state index in [0.717, 1.165) is 11.4 Å². The maximum Gasteiger partial charge on any atom is 0.305 e. The maximum atomic E-state index is 12.7. The van der Waals surface area contributed by atoms with Crippen LogP contribution in [0.1, 0.15) is 35.4 Å². The summed E-state index contributed by atoms with van der Waals surface area (Å²) in [4.78, 5) is 24.0. The van der Waals surface area contributed by atoms with Crippen molar-refractivity contribution in [3.63, 3.8) is 0 Å². The van der Waals surface area contributed by atoms with Gasteiger partial charge in [0, 0.05) is 23.9 Å². The number of nitrogens with zero attached hydrogens (tertiary/aromatic N) is 2. The molecule has 2 heterocycles. The molecule has 1 amide bonds. The number of halogens is 1. The monoisotopic (exact) mass is 377 g/mol. The summed E-state index contributed by atoms with van der Waals surface area (Å²) >= 11 is 6.02. The Kier molecular flexibility index (Phi) is 5.29. The van der Waals surface area contributed by atoms with Gasteiger partial charge >= 0.3 is 5.97 Å². The molecule has 26 heavy (non-hydrogen) atoms. The Morgan fingerprint density at radius 2 is 2.08 bits per heavy atom. The first-order chi connectivity index (χ1) is 12.4. The fraction of sp³-hybridized carbons (Fsp3) is 0.389. The average molecular weight is 378 g/mol. The third-order valence-corrected chi connectivity index (χ3v) is 4.73. The van der Waals surface area contributed by atoms with Crippen molar-refractivity contribution >= 4 is 23.5 Å². The van der Waals surface area contributed by atoms with Crippen LogP contribution >= 0.6 is 11.6 Å². The number of carboxylic acid groups (broad SMARTS) is 1. The number of hydrogen-bond donors (Lipinski definition) is 2. The van der Waals surface area contributed by atoms with E-state index < -0.39 is 17.4 Å². The lowest BCUT2D eigenvalue weighted by atomic mass is 9.86. The second-order valence-corrected chi connectivity index (χ2v) is 6.92. The molecule has 2 aromatic rings. The first kappa shape index (κ1) is 18.4. The molecule has 0 bridgehead atoms. The second kappa shape index (κ2) is 7.47. The molecule has 0 unspecified atom stereocenters. The molecule has 0 atom stereocenters. The minimum Gasteiger partial charge on any atom is -0.481 e. The Balaban J connectivity index is 1.83. The Bertz CT molecular complexity index is 828. The minimum absolute atomic E-state index is 0.143. The molecular formula is C18H20ClN3O4. The van der Waals surface area contributed by atoms with Crippen LogP contribution in [-0.4, -0.2) is 45.5 Å². The molecule has 3 rings (SSSR count). The van der Waals surface area contributed by atoms with E-state index in [9.17, 15) is 14.7 Å². The zero-order valence-electron chi connectivity index (χ0n) is 14.4. The molecule has 0 spiro atoms. The van der Waals surface area contributed by atoms with E-state index in [-0.39, 0.29) is 12.1 Å². The highest BCUT2D eigenvalue weighted by molar-refractivity contribution is 6.30. The van der Waals surface area contributed by atoms with E-state index in [1.165, 1.54) is 0 Å². The summed E-state index contributed by atoms with van der Waals surface area (Å²) in [6.07, 6.45) is 0.772. The molecule has 1 aliphatic rings. The molecule has 1 aliphatic heterocycles. The Labute approximate surface area is 155 Å². The average Bonchev–Trinajstić information content (AvgIpc) is 2.97. The van der Waals surface area contributed by atoms with Gasteiger partial charge in [-0.2, -0.15) is 5.10 Å². The van der Waals surface area contributed by atoms with Crippen LogP contribution < -0.4 is 5.32 Å². The standard InChI is InChI=1S/C18H20ClN3O4/c1-12-9-15(21-22(12)14-4-2-3-13(19)10-14)17(25)20-18(11-16(23)24)5-7-26-8-6-18/h2-4,9-10H,5-8,11H2,1H3,(H,20,25)(H,23,24). The Hall–Kier alpha value is -2.38. The lowest BCUT2D eigenvalue weighted by Gasteiger charge is -2.36. The van der Waals surface area contributed by atoms with Gasteiger partial charge in [0.05, 0.1) is 17.6 Å². The van der Waals surface area contributed by atoms with Crippen LogP contribution in [0.2, 0.25) is 5.02 Å². The zero-order chi connectivity index (χ0) is 18.7. The van der Waals surface area contributed by atoms with Gasteiger partial charge in [0.1, 0.15) is 0 Å². The third kappa shape index (κ3) is 4.05. The largest absolute Gasteiger partial charge is 0.481 e. The van der Waals surface area contributed by atoms with E-state index in [1.807, 2.05) is 19.1 Å². The maximum absolute atomic E-state index is 12.7. The number of aryl methyl sites for hydroxylation is 1. The first-order valence-electron chi connectivity index (χ1n) is 8.33. The topological polar surface area (TPSA) is 93.5 Å². The quantitative estimate of drug-likeness (QED) is 0.835. The highest BCUT2D eigenvalue weighted by atomic mass is 35.5. The molecule has 0 saturated carbocycles. The number of nitrogens with one attached hydrogen (secondary N) is 1. The van der Waals surface area contributed by atoms with E-state index >= 15 is 0 Å². The highest BCUT2D eigenvalue weighted by Gasteiger charge is 2.37. The molecule has 1 fully saturated rings. The number of amides is 1.